The number of fused-ring (bicyclic) bond motifs is 1. The summed E-state index contributed by atoms with van der Waals surface area (Å²) >= 11 is 0. The van der Waals surface area contributed by atoms with E-state index in [9.17, 15) is 4.79 Å². The molecule has 1 aliphatic carbocycles. The maximum Gasteiger partial charge on any atom is 0.307 e. The summed E-state index contributed by atoms with van der Waals surface area (Å²) in [5, 5.41) is 9.05. The van der Waals surface area contributed by atoms with Crippen molar-refractivity contribution in [2.75, 3.05) is 13.6 Å². The third-order valence-corrected chi connectivity index (χ3v) is 4.16. The number of carbonyl (C=O) groups is 1. The lowest BCUT2D eigenvalue weighted by Gasteiger charge is -2.30. The maximum atomic E-state index is 11.0. The van der Waals surface area contributed by atoms with Crippen LogP contribution in [0, 0.1) is 18.8 Å². The smallest absolute Gasteiger partial charge is 0.307 e. The SMILES string of the molecule is Cc1ccc2c(c1)C(N(C)CC(C)C(=O)O)C(C)C2. The largest absolute Gasteiger partial charge is 0.481 e. The summed E-state index contributed by atoms with van der Waals surface area (Å²) in [5.41, 5.74) is 4.07. The molecule has 0 radical (unpaired) electrons. The van der Waals surface area contributed by atoms with Gasteiger partial charge in [0.15, 0.2) is 0 Å². The van der Waals surface area contributed by atoms with E-state index in [1.807, 2.05) is 7.05 Å². The van der Waals surface area contributed by atoms with Crippen molar-refractivity contribution < 1.29 is 9.90 Å². The fraction of sp³-hybridized carbons (Fsp3) is 0.562. The number of rotatable bonds is 4. The number of hydrogen-bond acceptors (Lipinski definition) is 2. The Kier molecular flexibility index (Phi) is 3.95. The van der Waals surface area contributed by atoms with Crippen LogP contribution < -0.4 is 0 Å². The quantitative estimate of drug-likeness (QED) is 0.906. The zero-order valence-electron chi connectivity index (χ0n) is 12.2. The third kappa shape index (κ3) is 2.81. The summed E-state index contributed by atoms with van der Waals surface area (Å²) in [6.45, 7) is 6.73. The lowest BCUT2D eigenvalue weighted by atomic mass is 9.99. The minimum atomic E-state index is -0.720. The van der Waals surface area contributed by atoms with E-state index in [1.165, 1.54) is 16.7 Å². The van der Waals surface area contributed by atoms with Crippen LogP contribution in [0.25, 0.3) is 0 Å². The summed E-state index contributed by atoms with van der Waals surface area (Å²) in [5.74, 6) is -0.504. The average molecular weight is 261 g/mol. The van der Waals surface area contributed by atoms with Gasteiger partial charge in [-0.1, -0.05) is 37.6 Å². The molecule has 0 bridgehead atoms. The predicted molar refractivity (Wildman–Crippen MR) is 76.2 cm³/mol. The molecule has 0 spiro atoms. The van der Waals surface area contributed by atoms with Crippen LogP contribution in [0.4, 0.5) is 0 Å². The molecular formula is C16H23NO2. The number of carboxylic acids is 1. The highest BCUT2D eigenvalue weighted by Crippen LogP contribution is 2.40. The van der Waals surface area contributed by atoms with Gasteiger partial charge in [0.2, 0.25) is 0 Å². The first-order valence-electron chi connectivity index (χ1n) is 6.92. The molecule has 1 aromatic rings. The van der Waals surface area contributed by atoms with Crippen molar-refractivity contribution in [3.8, 4) is 0 Å². The molecule has 104 valence electrons. The van der Waals surface area contributed by atoms with Gasteiger partial charge in [-0.3, -0.25) is 9.69 Å². The van der Waals surface area contributed by atoms with Gasteiger partial charge < -0.3 is 5.11 Å². The van der Waals surface area contributed by atoms with Crippen LogP contribution in [0.3, 0.4) is 0 Å². The molecule has 2 rings (SSSR count). The van der Waals surface area contributed by atoms with E-state index in [-0.39, 0.29) is 5.92 Å². The third-order valence-electron chi connectivity index (χ3n) is 4.16. The van der Waals surface area contributed by atoms with Gasteiger partial charge in [0.05, 0.1) is 5.92 Å². The lowest BCUT2D eigenvalue weighted by molar-refractivity contribution is -0.141. The molecule has 3 unspecified atom stereocenters. The van der Waals surface area contributed by atoms with Gasteiger partial charge in [0.1, 0.15) is 0 Å². The molecule has 0 amide bonds. The standard InChI is InChI=1S/C16H23NO2/c1-10-5-6-13-8-11(2)15(14(13)7-10)17(4)9-12(3)16(18)19/h5-7,11-12,15H,8-9H2,1-4H3,(H,18,19). The molecular weight excluding hydrogens is 238 g/mol. The summed E-state index contributed by atoms with van der Waals surface area (Å²) in [6.07, 6.45) is 1.09. The molecule has 0 fully saturated rings. The van der Waals surface area contributed by atoms with Crippen molar-refractivity contribution in [1.29, 1.82) is 0 Å². The Morgan fingerprint density at radius 2 is 2.21 bits per heavy atom. The highest BCUT2D eigenvalue weighted by molar-refractivity contribution is 5.69. The minimum Gasteiger partial charge on any atom is -0.481 e. The van der Waals surface area contributed by atoms with Crippen molar-refractivity contribution in [3.63, 3.8) is 0 Å². The number of nitrogens with zero attached hydrogens (tertiary/aromatic N) is 1. The van der Waals surface area contributed by atoms with Gasteiger partial charge >= 0.3 is 5.97 Å². The van der Waals surface area contributed by atoms with E-state index in [2.05, 4.69) is 36.9 Å². The first-order valence-corrected chi connectivity index (χ1v) is 6.92. The molecule has 0 saturated heterocycles. The zero-order valence-corrected chi connectivity index (χ0v) is 12.2. The van der Waals surface area contributed by atoms with E-state index >= 15 is 0 Å². The van der Waals surface area contributed by atoms with E-state index < -0.39 is 5.97 Å². The van der Waals surface area contributed by atoms with E-state index in [4.69, 9.17) is 5.11 Å². The Morgan fingerprint density at radius 3 is 2.84 bits per heavy atom. The Bertz CT molecular complexity index is 484. The van der Waals surface area contributed by atoms with Gasteiger partial charge in [0.25, 0.3) is 0 Å². The second kappa shape index (κ2) is 5.33. The first kappa shape index (κ1) is 14.1. The highest BCUT2D eigenvalue weighted by atomic mass is 16.4. The normalized spacial score (nSPS) is 23.4. The number of aryl methyl sites for hydroxylation is 1. The van der Waals surface area contributed by atoms with Gasteiger partial charge in [-0.2, -0.15) is 0 Å². The summed E-state index contributed by atoms with van der Waals surface area (Å²) in [6, 6.07) is 6.98. The Hall–Kier alpha value is -1.35. The zero-order chi connectivity index (χ0) is 14.2. The predicted octanol–water partition coefficient (Wildman–Crippen LogP) is 2.88. The fourth-order valence-corrected chi connectivity index (χ4v) is 3.24. The number of aliphatic carboxylic acids is 1. The maximum absolute atomic E-state index is 11.0. The monoisotopic (exact) mass is 261 g/mol. The van der Waals surface area contributed by atoms with Crippen LogP contribution in [0.15, 0.2) is 18.2 Å². The van der Waals surface area contributed by atoms with E-state index in [1.54, 1.807) is 6.92 Å². The molecule has 1 aliphatic rings. The number of hydrogen-bond donors (Lipinski definition) is 1. The Morgan fingerprint density at radius 1 is 1.53 bits per heavy atom. The second-order valence-electron chi connectivity index (χ2n) is 6.01. The topological polar surface area (TPSA) is 40.5 Å². The minimum absolute atomic E-state index is 0.328. The van der Waals surface area contributed by atoms with Gasteiger partial charge in [-0.05, 0) is 37.4 Å². The van der Waals surface area contributed by atoms with Crippen LogP contribution in [0.2, 0.25) is 0 Å². The molecule has 3 heteroatoms. The van der Waals surface area contributed by atoms with Gasteiger partial charge in [-0.25, -0.2) is 0 Å². The molecule has 3 atom stereocenters. The first-order chi connectivity index (χ1) is 8.90. The summed E-state index contributed by atoms with van der Waals surface area (Å²) < 4.78 is 0. The van der Waals surface area contributed by atoms with Crippen molar-refractivity contribution in [2.45, 2.75) is 33.2 Å². The molecule has 1 N–H and O–H groups in total. The Balaban J connectivity index is 2.21. The van der Waals surface area contributed by atoms with Crippen molar-refractivity contribution >= 4 is 5.97 Å². The van der Waals surface area contributed by atoms with Crippen molar-refractivity contribution in [3.05, 3.63) is 34.9 Å². The Labute approximate surface area is 115 Å². The molecule has 19 heavy (non-hydrogen) atoms. The van der Waals surface area contributed by atoms with Crippen LogP contribution >= 0.6 is 0 Å². The molecule has 0 saturated carbocycles. The molecule has 3 nitrogen and oxygen atoms in total. The fourth-order valence-electron chi connectivity index (χ4n) is 3.24. The van der Waals surface area contributed by atoms with Crippen LogP contribution in [-0.4, -0.2) is 29.6 Å². The molecule has 0 heterocycles. The van der Waals surface area contributed by atoms with Crippen molar-refractivity contribution in [1.82, 2.24) is 4.90 Å². The van der Waals surface area contributed by atoms with E-state index in [0.29, 0.717) is 18.5 Å². The highest BCUT2D eigenvalue weighted by Gasteiger charge is 2.33. The van der Waals surface area contributed by atoms with Gasteiger partial charge in [0, 0.05) is 12.6 Å². The lowest BCUT2D eigenvalue weighted by Crippen LogP contribution is -2.33. The summed E-state index contributed by atoms with van der Waals surface area (Å²) in [7, 11) is 2.04. The van der Waals surface area contributed by atoms with Crippen molar-refractivity contribution in [2.24, 2.45) is 11.8 Å². The van der Waals surface area contributed by atoms with Crippen LogP contribution in [0.1, 0.15) is 36.6 Å². The molecule has 1 aromatic carbocycles. The second-order valence-corrected chi connectivity index (χ2v) is 6.01. The van der Waals surface area contributed by atoms with Crippen LogP contribution in [-0.2, 0) is 11.2 Å². The van der Waals surface area contributed by atoms with Gasteiger partial charge in [-0.15, -0.1) is 0 Å². The number of carboxylic acid groups (broad SMARTS) is 1. The van der Waals surface area contributed by atoms with Crippen LogP contribution in [0.5, 0.6) is 0 Å². The average Bonchev–Trinajstić information content (AvgIpc) is 2.64. The summed E-state index contributed by atoms with van der Waals surface area (Å²) in [4.78, 5) is 13.2. The molecule has 0 aromatic heterocycles. The molecule has 0 aliphatic heterocycles. The number of benzene rings is 1. The van der Waals surface area contributed by atoms with E-state index in [0.717, 1.165) is 6.42 Å².